The molecule has 5 heterocycles. The molecular weight excluding hydrogens is 563 g/mol. The molecule has 2 saturated heterocycles. The first-order valence-corrected chi connectivity index (χ1v) is 13.9. The molecule has 0 spiro atoms. The highest BCUT2D eigenvalue weighted by Crippen LogP contribution is 2.48. The molecule has 3 aliphatic heterocycles. The topological polar surface area (TPSA) is 119 Å². The number of alkyl halides is 3. The van der Waals surface area contributed by atoms with Crippen molar-refractivity contribution < 1.29 is 36.5 Å². The van der Waals surface area contributed by atoms with Crippen molar-refractivity contribution >= 4 is 22.4 Å². The van der Waals surface area contributed by atoms with Crippen LogP contribution in [0.25, 0.3) is 22.2 Å². The van der Waals surface area contributed by atoms with E-state index >= 15 is 4.39 Å². The van der Waals surface area contributed by atoms with Gasteiger partial charge in [0, 0.05) is 24.2 Å². The van der Waals surface area contributed by atoms with Gasteiger partial charge in [0.1, 0.15) is 39.9 Å². The van der Waals surface area contributed by atoms with E-state index in [9.17, 15) is 22.7 Å². The number of nitrogen functional groups attached to an aromatic ring is 1. The summed E-state index contributed by atoms with van der Waals surface area (Å²) in [5.41, 5.74) is 0.100. The Bertz CT molecular complexity index is 1640. The van der Waals surface area contributed by atoms with Crippen molar-refractivity contribution in [1.29, 1.82) is 0 Å². The largest absolute Gasteiger partial charge is 0.472 e. The van der Waals surface area contributed by atoms with Gasteiger partial charge in [-0.2, -0.15) is 23.1 Å². The second kappa shape index (κ2) is 8.99. The minimum Gasteiger partial charge on any atom is -0.472 e. The Morgan fingerprint density at radius 1 is 1.17 bits per heavy atom. The normalized spacial score (nSPS) is 30.0. The summed E-state index contributed by atoms with van der Waals surface area (Å²) in [6.45, 7) is 4.96. The van der Waals surface area contributed by atoms with Gasteiger partial charge in [-0.05, 0) is 58.1 Å². The molecule has 1 aliphatic carbocycles. The molecule has 42 heavy (non-hydrogen) atoms. The van der Waals surface area contributed by atoms with Gasteiger partial charge in [0.25, 0.3) is 0 Å². The molecule has 3 aromatic rings. The monoisotopic (exact) mass is 592 g/mol. The van der Waals surface area contributed by atoms with Gasteiger partial charge >= 0.3 is 12.2 Å². The van der Waals surface area contributed by atoms with Crippen molar-refractivity contribution in [3.8, 4) is 23.1 Å². The minimum absolute atomic E-state index is 0.0223. The summed E-state index contributed by atoms with van der Waals surface area (Å²) >= 11 is 0. The van der Waals surface area contributed by atoms with E-state index in [-0.39, 0.29) is 40.9 Å². The van der Waals surface area contributed by atoms with Crippen LogP contribution < -0.4 is 25.4 Å². The van der Waals surface area contributed by atoms with Crippen molar-refractivity contribution in [2.45, 2.75) is 88.6 Å². The molecule has 2 bridgehead atoms. The van der Waals surface area contributed by atoms with Gasteiger partial charge < -0.3 is 30.5 Å². The molecule has 9 nitrogen and oxygen atoms in total. The van der Waals surface area contributed by atoms with E-state index in [1.54, 1.807) is 6.92 Å². The predicted octanol–water partition coefficient (Wildman–Crippen LogP) is 4.26. The number of aliphatic hydroxyl groups is 1. The van der Waals surface area contributed by atoms with Crippen LogP contribution in [-0.4, -0.2) is 62.5 Å². The van der Waals surface area contributed by atoms with Crippen LogP contribution in [-0.2, 0) is 6.18 Å². The molecule has 0 radical (unpaired) electrons. The molecule has 1 aromatic carbocycles. The molecule has 6 atom stereocenters. The van der Waals surface area contributed by atoms with Crippen molar-refractivity contribution in [3.05, 3.63) is 28.8 Å². The van der Waals surface area contributed by atoms with E-state index < -0.39 is 63.7 Å². The Hall–Kier alpha value is -3.52. The van der Waals surface area contributed by atoms with Crippen LogP contribution in [0.4, 0.5) is 33.5 Å². The van der Waals surface area contributed by atoms with Crippen molar-refractivity contribution in [3.63, 3.8) is 0 Å². The van der Waals surface area contributed by atoms with Crippen LogP contribution in [0.3, 0.4) is 0 Å². The number of nitrogens with zero attached hydrogens (tertiary/aromatic N) is 4. The van der Waals surface area contributed by atoms with Crippen LogP contribution in [0.1, 0.15) is 50.7 Å². The van der Waals surface area contributed by atoms with Crippen molar-refractivity contribution in [2.75, 3.05) is 17.2 Å². The van der Waals surface area contributed by atoms with Gasteiger partial charge in [-0.3, -0.25) is 0 Å². The molecule has 7 rings (SSSR count). The lowest BCUT2D eigenvalue weighted by atomic mass is 9.78. The van der Waals surface area contributed by atoms with Crippen LogP contribution >= 0.6 is 0 Å². The molecular formula is C28H29F5N6O3. The Morgan fingerprint density at radius 3 is 2.60 bits per heavy atom. The number of ether oxygens (including phenoxy) is 2. The highest BCUT2D eigenvalue weighted by molar-refractivity contribution is 5.97. The summed E-state index contributed by atoms with van der Waals surface area (Å²) in [6, 6.07) is 0.415. The lowest BCUT2D eigenvalue weighted by Crippen LogP contribution is -2.62. The summed E-state index contributed by atoms with van der Waals surface area (Å²) in [5, 5.41) is 14.0. The molecule has 4 aliphatic rings. The van der Waals surface area contributed by atoms with Gasteiger partial charge in [-0.15, -0.1) is 0 Å². The maximum Gasteiger partial charge on any atom is 0.417 e. The summed E-state index contributed by atoms with van der Waals surface area (Å²) < 4.78 is 86.3. The number of nitrogens with two attached hydrogens (primary N) is 1. The van der Waals surface area contributed by atoms with Crippen LogP contribution in [0.2, 0.25) is 0 Å². The smallest absolute Gasteiger partial charge is 0.417 e. The lowest BCUT2D eigenvalue weighted by molar-refractivity contribution is -0.137. The third-order valence-electron chi connectivity index (χ3n) is 9.24. The standard InChI is InChI=1S/C28H29F5N6O3/c1-10-18(28(31,32)33)13(8-14(34)19(10)29)21-20(30)22-17-24(38-26(37-22)42-27(3)7-6-16(27)40)39-9-12-4-5-15(35-12)23(39)11(2)41-25(17)36-21/h8,11-12,15-16,23,35,40H,4-7,9,34H2,1-3H3/t11-,12+,15-,16-,23+,27+/m0/s1. The number of hydrogen-bond acceptors (Lipinski definition) is 9. The number of hydrogen-bond donors (Lipinski definition) is 3. The molecule has 1 saturated carbocycles. The molecule has 3 fully saturated rings. The van der Waals surface area contributed by atoms with Gasteiger partial charge in [-0.1, -0.05) is 0 Å². The van der Waals surface area contributed by atoms with E-state index in [4.69, 9.17) is 15.2 Å². The summed E-state index contributed by atoms with van der Waals surface area (Å²) in [7, 11) is 0. The number of halogens is 5. The van der Waals surface area contributed by atoms with Crippen molar-refractivity contribution in [1.82, 2.24) is 20.3 Å². The quantitative estimate of drug-likeness (QED) is 0.303. The van der Waals surface area contributed by atoms with Gasteiger partial charge in [-0.25, -0.2) is 13.8 Å². The SMILES string of the molecule is Cc1c(F)c(N)cc(-c2nc3c4c(nc(O[C@]5(C)CC[C@@H]5O)nc4c2F)N2C[C@H]4CC[C@H](N4)[C@H]2[C@H](C)O3)c1C(F)(F)F. The zero-order chi connectivity index (χ0) is 29.9. The number of nitrogens with one attached hydrogen (secondary N) is 1. The number of rotatable bonds is 3. The van der Waals surface area contributed by atoms with Crippen LogP contribution in [0.15, 0.2) is 6.07 Å². The fourth-order valence-corrected chi connectivity index (χ4v) is 6.89. The highest BCUT2D eigenvalue weighted by atomic mass is 19.4. The van der Waals surface area contributed by atoms with E-state index in [0.717, 1.165) is 25.8 Å². The second-order valence-corrected chi connectivity index (χ2v) is 11.9. The molecule has 2 aromatic heterocycles. The zero-order valence-corrected chi connectivity index (χ0v) is 23.0. The fourth-order valence-electron chi connectivity index (χ4n) is 6.89. The first-order chi connectivity index (χ1) is 19.8. The number of aliphatic hydroxyl groups excluding tert-OH is 1. The number of pyridine rings is 1. The number of benzene rings is 1. The number of fused-ring (bicyclic) bond motifs is 5. The Morgan fingerprint density at radius 2 is 1.93 bits per heavy atom. The Kier molecular flexibility index (Phi) is 5.85. The molecule has 224 valence electrons. The second-order valence-electron chi connectivity index (χ2n) is 11.9. The van der Waals surface area contributed by atoms with Gasteiger partial charge in [0.2, 0.25) is 5.88 Å². The Labute approximate surface area is 237 Å². The Balaban J connectivity index is 1.51. The van der Waals surface area contributed by atoms with Crippen LogP contribution in [0.5, 0.6) is 11.9 Å². The van der Waals surface area contributed by atoms with Gasteiger partial charge in [0.05, 0.1) is 23.4 Å². The van der Waals surface area contributed by atoms with Crippen molar-refractivity contribution in [2.24, 2.45) is 0 Å². The number of piperazine rings is 1. The van der Waals surface area contributed by atoms with E-state index in [1.165, 1.54) is 0 Å². The number of aromatic nitrogens is 3. The maximum atomic E-state index is 16.6. The fraction of sp³-hybridized carbons (Fsp3) is 0.536. The predicted molar refractivity (Wildman–Crippen MR) is 142 cm³/mol. The third-order valence-corrected chi connectivity index (χ3v) is 9.24. The molecule has 0 amide bonds. The average molecular weight is 593 g/mol. The summed E-state index contributed by atoms with van der Waals surface area (Å²) in [6.07, 6.45) is -3.57. The van der Waals surface area contributed by atoms with Crippen LogP contribution in [0, 0.1) is 18.6 Å². The zero-order valence-electron chi connectivity index (χ0n) is 23.0. The average Bonchev–Trinajstić information content (AvgIpc) is 3.25. The molecule has 14 heteroatoms. The third kappa shape index (κ3) is 3.90. The first kappa shape index (κ1) is 27.3. The first-order valence-electron chi connectivity index (χ1n) is 13.9. The van der Waals surface area contributed by atoms with E-state index in [0.29, 0.717) is 25.2 Å². The highest BCUT2D eigenvalue weighted by Gasteiger charge is 2.49. The molecule has 0 unspecified atom stereocenters. The summed E-state index contributed by atoms with van der Waals surface area (Å²) in [4.78, 5) is 15.3. The number of anilines is 2. The van der Waals surface area contributed by atoms with Gasteiger partial charge in [0.15, 0.2) is 5.82 Å². The lowest BCUT2D eigenvalue weighted by Gasteiger charge is -2.44. The molecule has 4 N–H and O–H groups in total. The summed E-state index contributed by atoms with van der Waals surface area (Å²) in [5.74, 6) is -2.30. The van der Waals surface area contributed by atoms with E-state index in [1.807, 2.05) is 11.8 Å². The minimum atomic E-state index is -5.05. The maximum absolute atomic E-state index is 16.6. The van der Waals surface area contributed by atoms with E-state index in [2.05, 4.69) is 20.3 Å².